The van der Waals surface area contributed by atoms with Crippen molar-refractivity contribution in [1.29, 1.82) is 5.26 Å². The predicted molar refractivity (Wildman–Crippen MR) is 124 cm³/mol. The number of amides is 2. The number of aromatic nitrogens is 4. The highest BCUT2D eigenvalue weighted by molar-refractivity contribution is 5.87. The number of tetrazole rings is 1. The molecule has 3 saturated heterocycles. The lowest BCUT2D eigenvalue weighted by Crippen LogP contribution is -2.56. The standard InChI is InChI=1S/C24H29N9O2/c1-13-6-16(9-25)32(10-13)23(34)19(26)12-31-11-17-8-21(31)24(35)33(17)20-5-3-14-7-15(2-4-18(14)20)22-27-29-30-28-22/h2,4,7,13,16-17,19-21H,3,5-6,8,10-12,26H2,1H3,(H,27,28,29,30)/t13?,16?,17-,19?,20?,21?/m0/s1. The number of rotatable bonds is 5. The van der Waals surface area contributed by atoms with E-state index in [-0.39, 0.29) is 29.9 Å². The van der Waals surface area contributed by atoms with E-state index in [1.165, 1.54) is 11.1 Å². The first kappa shape index (κ1) is 22.1. The van der Waals surface area contributed by atoms with Crippen LogP contribution in [0.5, 0.6) is 0 Å². The third-order valence-corrected chi connectivity index (χ3v) is 8.13. The lowest BCUT2D eigenvalue weighted by atomic mass is 10.0. The van der Waals surface area contributed by atoms with E-state index in [9.17, 15) is 14.9 Å². The topological polar surface area (TPSA) is 148 Å². The van der Waals surface area contributed by atoms with Gasteiger partial charge in [-0.2, -0.15) is 10.5 Å². The van der Waals surface area contributed by atoms with Crippen molar-refractivity contribution in [3.8, 4) is 17.5 Å². The average molecular weight is 476 g/mol. The molecule has 4 heterocycles. The van der Waals surface area contributed by atoms with Gasteiger partial charge in [0.05, 0.1) is 24.2 Å². The molecule has 0 spiro atoms. The molecular weight excluding hydrogens is 446 g/mol. The van der Waals surface area contributed by atoms with Crippen LogP contribution in [0.25, 0.3) is 11.4 Å². The van der Waals surface area contributed by atoms with Crippen LogP contribution in [0.2, 0.25) is 0 Å². The molecule has 2 bridgehead atoms. The number of nitriles is 1. The van der Waals surface area contributed by atoms with Gasteiger partial charge < -0.3 is 15.5 Å². The lowest BCUT2D eigenvalue weighted by Gasteiger charge is -2.38. The molecule has 6 rings (SSSR count). The van der Waals surface area contributed by atoms with Gasteiger partial charge in [0, 0.05) is 31.2 Å². The van der Waals surface area contributed by atoms with Crippen molar-refractivity contribution in [3.63, 3.8) is 0 Å². The number of benzene rings is 1. The molecule has 0 saturated carbocycles. The molecule has 3 N–H and O–H groups in total. The SMILES string of the molecule is CC1CC(C#N)N(C(=O)C(N)CN2C[C@@H]3CC2C(=O)N3C2CCc3cc(-c4nn[nH]n4)ccc32)C1. The first-order valence-corrected chi connectivity index (χ1v) is 12.3. The summed E-state index contributed by atoms with van der Waals surface area (Å²) in [7, 11) is 0. The van der Waals surface area contributed by atoms with Crippen LogP contribution >= 0.6 is 0 Å². The van der Waals surface area contributed by atoms with Crippen LogP contribution in [0.1, 0.15) is 43.4 Å². The number of fused-ring (bicyclic) bond motifs is 3. The number of hydrogen-bond donors (Lipinski definition) is 2. The molecule has 35 heavy (non-hydrogen) atoms. The molecule has 1 aromatic carbocycles. The molecule has 0 radical (unpaired) electrons. The third kappa shape index (κ3) is 3.59. The number of H-pyrrole nitrogens is 1. The first-order valence-electron chi connectivity index (χ1n) is 12.3. The molecule has 1 aromatic heterocycles. The minimum absolute atomic E-state index is 0.0757. The molecule has 3 aliphatic heterocycles. The number of aromatic amines is 1. The number of nitrogens with two attached hydrogens (primary N) is 1. The summed E-state index contributed by atoms with van der Waals surface area (Å²) >= 11 is 0. The number of likely N-dealkylation sites (tertiary alicyclic amines) is 3. The van der Waals surface area contributed by atoms with E-state index in [0.29, 0.717) is 31.3 Å². The zero-order valence-corrected chi connectivity index (χ0v) is 19.7. The van der Waals surface area contributed by atoms with Crippen molar-refractivity contribution in [2.45, 2.75) is 62.8 Å². The Balaban J connectivity index is 1.12. The van der Waals surface area contributed by atoms with Gasteiger partial charge in [0.15, 0.2) is 0 Å². The van der Waals surface area contributed by atoms with E-state index < -0.39 is 12.1 Å². The maximum atomic E-state index is 13.4. The van der Waals surface area contributed by atoms with Crippen LogP contribution in [0.15, 0.2) is 18.2 Å². The second-order valence-electron chi connectivity index (χ2n) is 10.4. The number of hydrogen-bond acceptors (Lipinski definition) is 8. The Labute approximate surface area is 203 Å². The Bertz CT molecular complexity index is 1190. The van der Waals surface area contributed by atoms with Crippen molar-refractivity contribution in [2.75, 3.05) is 19.6 Å². The van der Waals surface area contributed by atoms with Crippen LogP contribution < -0.4 is 5.73 Å². The summed E-state index contributed by atoms with van der Waals surface area (Å²) in [5.41, 5.74) is 9.65. The van der Waals surface area contributed by atoms with Crippen LogP contribution in [0.3, 0.4) is 0 Å². The largest absolute Gasteiger partial charge is 0.330 e. The highest BCUT2D eigenvalue weighted by Crippen LogP contribution is 2.44. The van der Waals surface area contributed by atoms with Crippen LogP contribution in [0.4, 0.5) is 0 Å². The second-order valence-corrected chi connectivity index (χ2v) is 10.4. The summed E-state index contributed by atoms with van der Waals surface area (Å²) < 4.78 is 0. The van der Waals surface area contributed by atoms with E-state index in [1.807, 2.05) is 13.0 Å². The Morgan fingerprint density at radius 1 is 1.31 bits per heavy atom. The van der Waals surface area contributed by atoms with Gasteiger partial charge in [-0.3, -0.25) is 14.5 Å². The average Bonchev–Trinajstić information content (AvgIpc) is 3.66. The molecule has 11 heteroatoms. The van der Waals surface area contributed by atoms with Gasteiger partial charge in [-0.05, 0) is 54.0 Å². The lowest BCUT2D eigenvalue weighted by molar-refractivity contribution is -0.141. The molecule has 1 aliphatic carbocycles. The molecule has 6 atom stereocenters. The predicted octanol–water partition coefficient (Wildman–Crippen LogP) is 0.227. The fourth-order valence-corrected chi connectivity index (χ4v) is 6.56. The molecule has 182 valence electrons. The second kappa shape index (κ2) is 8.39. The Hall–Kier alpha value is -3.36. The van der Waals surface area contributed by atoms with Crippen LogP contribution in [-0.4, -0.2) is 90.9 Å². The van der Waals surface area contributed by atoms with Gasteiger partial charge in [-0.15, -0.1) is 10.2 Å². The minimum atomic E-state index is -0.729. The summed E-state index contributed by atoms with van der Waals surface area (Å²) in [6.07, 6.45) is 3.27. The fraction of sp³-hybridized carbons (Fsp3) is 0.583. The number of piperazine rings is 1. The van der Waals surface area contributed by atoms with Crippen LogP contribution in [0, 0.1) is 17.2 Å². The summed E-state index contributed by atoms with van der Waals surface area (Å²) in [6.45, 7) is 3.68. The Morgan fingerprint density at radius 2 is 2.17 bits per heavy atom. The number of carbonyl (C=O) groups excluding carboxylic acids is 2. The van der Waals surface area contributed by atoms with Crippen molar-refractivity contribution in [2.24, 2.45) is 11.7 Å². The van der Waals surface area contributed by atoms with Crippen molar-refractivity contribution >= 4 is 11.8 Å². The zero-order chi connectivity index (χ0) is 24.3. The highest BCUT2D eigenvalue weighted by Gasteiger charge is 2.53. The van der Waals surface area contributed by atoms with Gasteiger partial charge in [0.25, 0.3) is 0 Å². The number of nitrogens with zero attached hydrogens (tertiary/aromatic N) is 7. The molecule has 2 amide bonds. The van der Waals surface area contributed by atoms with E-state index in [0.717, 1.165) is 31.4 Å². The van der Waals surface area contributed by atoms with Gasteiger partial charge in [0.1, 0.15) is 6.04 Å². The maximum absolute atomic E-state index is 13.4. The Kier molecular flexibility index (Phi) is 5.30. The van der Waals surface area contributed by atoms with Gasteiger partial charge in [-0.25, -0.2) is 0 Å². The minimum Gasteiger partial charge on any atom is -0.330 e. The van der Waals surface area contributed by atoms with Gasteiger partial charge >= 0.3 is 0 Å². The summed E-state index contributed by atoms with van der Waals surface area (Å²) in [5.74, 6) is 0.811. The third-order valence-electron chi connectivity index (χ3n) is 8.13. The fourth-order valence-electron chi connectivity index (χ4n) is 6.56. The van der Waals surface area contributed by atoms with Gasteiger partial charge in [0.2, 0.25) is 17.6 Å². The zero-order valence-electron chi connectivity index (χ0n) is 19.7. The van der Waals surface area contributed by atoms with Gasteiger partial charge in [-0.1, -0.05) is 19.1 Å². The van der Waals surface area contributed by atoms with Crippen molar-refractivity contribution < 1.29 is 9.59 Å². The van der Waals surface area contributed by atoms with Crippen LogP contribution in [-0.2, 0) is 16.0 Å². The Morgan fingerprint density at radius 3 is 2.91 bits per heavy atom. The number of nitrogens with one attached hydrogen (secondary N) is 1. The first-order chi connectivity index (χ1) is 16.9. The summed E-state index contributed by atoms with van der Waals surface area (Å²) in [6, 6.07) is 7.25. The van der Waals surface area contributed by atoms with Crippen molar-refractivity contribution in [1.82, 2.24) is 35.3 Å². The molecule has 2 aromatic rings. The molecule has 5 unspecified atom stereocenters. The smallest absolute Gasteiger partial charge is 0.241 e. The summed E-state index contributed by atoms with van der Waals surface area (Å²) in [5, 5.41) is 23.6. The molecular formula is C24H29N9O2. The number of aryl methyl sites for hydroxylation is 1. The van der Waals surface area contributed by atoms with E-state index in [4.69, 9.17) is 5.73 Å². The molecule has 3 fully saturated rings. The quantitative estimate of drug-likeness (QED) is 0.624. The van der Waals surface area contributed by atoms with E-state index in [2.05, 4.69) is 48.6 Å². The number of carbonyl (C=O) groups is 2. The van der Waals surface area contributed by atoms with E-state index >= 15 is 0 Å². The normalized spacial score (nSPS) is 30.7. The molecule has 11 nitrogen and oxygen atoms in total. The van der Waals surface area contributed by atoms with Crippen molar-refractivity contribution in [3.05, 3.63) is 29.3 Å². The van der Waals surface area contributed by atoms with E-state index in [1.54, 1.807) is 4.90 Å². The summed E-state index contributed by atoms with van der Waals surface area (Å²) in [4.78, 5) is 32.2. The highest BCUT2D eigenvalue weighted by atomic mass is 16.2. The molecule has 4 aliphatic rings. The maximum Gasteiger partial charge on any atom is 0.241 e. The monoisotopic (exact) mass is 475 g/mol.